The molecule has 2 aromatic heterocycles. The van der Waals surface area contributed by atoms with Gasteiger partial charge >= 0.3 is 0 Å². The Bertz CT molecular complexity index is 590. The Kier molecular flexibility index (Phi) is 3.26. The Morgan fingerprint density at radius 2 is 2.06 bits per heavy atom. The Morgan fingerprint density at radius 3 is 2.50 bits per heavy atom. The molecule has 0 radical (unpaired) electrons. The molecule has 0 saturated carbocycles. The van der Waals surface area contributed by atoms with Crippen LogP contribution in [0.25, 0.3) is 5.69 Å². The number of hydrogen-bond donors (Lipinski definition) is 1. The van der Waals surface area contributed by atoms with Crippen LogP contribution >= 0.6 is 12.2 Å². The summed E-state index contributed by atoms with van der Waals surface area (Å²) in [6.45, 7) is 6.43. The molecule has 0 aliphatic heterocycles. The van der Waals surface area contributed by atoms with Crippen LogP contribution < -0.4 is 4.74 Å². The molecule has 2 heterocycles. The minimum atomic E-state index is 0.0404. The lowest BCUT2D eigenvalue weighted by molar-refractivity contribution is 0.397. The molecule has 0 spiro atoms. The molecule has 2 aromatic rings. The Morgan fingerprint density at radius 1 is 1.33 bits per heavy atom. The van der Waals surface area contributed by atoms with E-state index in [-0.39, 0.29) is 5.41 Å². The van der Waals surface area contributed by atoms with Crippen LogP contribution in [0.4, 0.5) is 0 Å². The molecule has 0 unspecified atom stereocenters. The van der Waals surface area contributed by atoms with Gasteiger partial charge in [-0.1, -0.05) is 33.0 Å². The van der Waals surface area contributed by atoms with Gasteiger partial charge in [0.1, 0.15) is 4.64 Å². The fraction of sp³-hybridized carbons (Fsp3) is 0.385. The molecule has 0 atom stereocenters. The van der Waals surface area contributed by atoms with E-state index in [9.17, 15) is 0 Å². The van der Waals surface area contributed by atoms with Gasteiger partial charge in [0, 0.05) is 17.2 Å². The van der Waals surface area contributed by atoms with Gasteiger partial charge in [-0.2, -0.15) is 0 Å². The third-order valence-electron chi connectivity index (χ3n) is 2.72. The molecule has 4 nitrogen and oxygen atoms in total. The summed E-state index contributed by atoms with van der Waals surface area (Å²) in [5, 5.41) is 3.31. The third-order valence-corrected chi connectivity index (χ3v) is 3.02. The molecule has 96 valence electrons. The van der Waals surface area contributed by atoms with Crippen LogP contribution in [0.1, 0.15) is 26.5 Å². The summed E-state index contributed by atoms with van der Waals surface area (Å²) in [6, 6.07) is 5.72. The minimum Gasteiger partial charge on any atom is -0.481 e. The Hall–Kier alpha value is -1.62. The van der Waals surface area contributed by atoms with E-state index in [2.05, 4.69) is 30.9 Å². The van der Waals surface area contributed by atoms with Crippen LogP contribution in [-0.2, 0) is 5.41 Å². The van der Waals surface area contributed by atoms with Gasteiger partial charge in [-0.3, -0.25) is 5.10 Å². The number of methoxy groups -OCH3 is 1. The quantitative estimate of drug-likeness (QED) is 0.846. The topological polar surface area (TPSA) is 42.8 Å². The van der Waals surface area contributed by atoms with Gasteiger partial charge in [0.15, 0.2) is 0 Å². The second-order valence-corrected chi connectivity index (χ2v) is 5.57. The first-order chi connectivity index (χ1) is 8.41. The van der Waals surface area contributed by atoms with Crippen molar-refractivity contribution in [3.8, 4) is 11.6 Å². The van der Waals surface area contributed by atoms with Crippen LogP contribution in [0.2, 0.25) is 0 Å². The first-order valence-corrected chi connectivity index (χ1v) is 6.15. The highest BCUT2D eigenvalue weighted by atomic mass is 32.1. The van der Waals surface area contributed by atoms with Gasteiger partial charge in [-0.15, -0.1) is 0 Å². The maximum Gasteiger partial charge on any atom is 0.213 e. The zero-order valence-electron chi connectivity index (χ0n) is 11.0. The number of pyridine rings is 1. The standard InChI is InChI=1S/C13H17N3OS/c1-13(2,3)10-7-12(18)16(15-10)9-5-6-11(17-4)14-8-9/h5-8,15H,1-4H3. The highest BCUT2D eigenvalue weighted by molar-refractivity contribution is 7.71. The van der Waals surface area contributed by atoms with Gasteiger partial charge in [0.2, 0.25) is 5.88 Å². The number of H-pyrrole nitrogens is 1. The van der Waals surface area contributed by atoms with E-state index >= 15 is 0 Å². The number of rotatable bonds is 2. The number of nitrogens with zero attached hydrogens (tertiary/aromatic N) is 2. The van der Waals surface area contributed by atoms with E-state index in [0.29, 0.717) is 5.88 Å². The molecule has 0 saturated heterocycles. The number of nitrogens with one attached hydrogen (secondary N) is 1. The Labute approximate surface area is 112 Å². The van der Waals surface area contributed by atoms with E-state index in [1.165, 1.54) is 0 Å². The van der Waals surface area contributed by atoms with Gasteiger partial charge in [-0.05, 0) is 12.1 Å². The molecular weight excluding hydrogens is 246 g/mol. The van der Waals surface area contributed by atoms with Gasteiger partial charge in [0.05, 0.1) is 19.0 Å². The number of hydrogen-bond acceptors (Lipinski definition) is 3. The third kappa shape index (κ3) is 2.46. The normalized spacial score (nSPS) is 11.6. The van der Waals surface area contributed by atoms with Crippen LogP contribution in [-0.4, -0.2) is 21.9 Å². The molecule has 18 heavy (non-hydrogen) atoms. The lowest BCUT2D eigenvalue weighted by Gasteiger charge is -2.15. The smallest absolute Gasteiger partial charge is 0.213 e. The van der Waals surface area contributed by atoms with Crippen LogP contribution in [0.5, 0.6) is 5.88 Å². The van der Waals surface area contributed by atoms with E-state index in [4.69, 9.17) is 17.0 Å². The van der Waals surface area contributed by atoms with Crippen molar-refractivity contribution in [2.75, 3.05) is 7.11 Å². The summed E-state index contributed by atoms with van der Waals surface area (Å²) < 4.78 is 7.63. The maximum atomic E-state index is 5.36. The van der Waals surface area contributed by atoms with Gasteiger partial charge < -0.3 is 4.74 Å². The summed E-state index contributed by atoms with van der Waals surface area (Å²) in [7, 11) is 1.60. The zero-order valence-corrected chi connectivity index (χ0v) is 11.8. The van der Waals surface area contributed by atoms with Gasteiger partial charge in [0.25, 0.3) is 0 Å². The van der Waals surface area contributed by atoms with Crippen LogP contribution in [0.3, 0.4) is 0 Å². The molecule has 0 aliphatic carbocycles. The first-order valence-electron chi connectivity index (χ1n) is 5.75. The molecular formula is C13H17N3OS. The van der Waals surface area contributed by atoms with Gasteiger partial charge in [-0.25, -0.2) is 9.67 Å². The zero-order chi connectivity index (χ0) is 13.3. The van der Waals surface area contributed by atoms with E-state index < -0.39 is 0 Å². The fourth-order valence-electron chi connectivity index (χ4n) is 1.60. The fourth-order valence-corrected chi connectivity index (χ4v) is 1.87. The predicted octanol–water partition coefficient (Wildman–Crippen LogP) is 3.24. The summed E-state index contributed by atoms with van der Waals surface area (Å²) >= 11 is 5.36. The number of aromatic amines is 1. The van der Waals surface area contributed by atoms with E-state index in [1.807, 2.05) is 22.9 Å². The van der Waals surface area contributed by atoms with Crippen molar-refractivity contribution in [1.29, 1.82) is 0 Å². The molecule has 2 rings (SSSR count). The largest absolute Gasteiger partial charge is 0.481 e. The van der Waals surface area contributed by atoms with Crippen molar-refractivity contribution >= 4 is 12.2 Å². The second kappa shape index (κ2) is 4.57. The second-order valence-electron chi connectivity index (χ2n) is 5.15. The van der Waals surface area contributed by atoms with E-state index in [1.54, 1.807) is 13.3 Å². The maximum absolute atomic E-state index is 5.36. The van der Waals surface area contributed by atoms with Crippen molar-refractivity contribution in [2.45, 2.75) is 26.2 Å². The highest BCUT2D eigenvalue weighted by Gasteiger charge is 2.16. The molecule has 5 heteroatoms. The van der Waals surface area contributed by atoms with E-state index in [0.717, 1.165) is 16.0 Å². The minimum absolute atomic E-state index is 0.0404. The first kappa shape index (κ1) is 12.8. The summed E-state index contributed by atoms with van der Waals surface area (Å²) in [4.78, 5) is 4.18. The molecule has 1 N–H and O–H groups in total. The number of ether oxygens (including phenoxy) is 1. The molecule has 0 amide bonds. The van der Waals surface area contributed by atoms with Crippen molar-refractivity contribution in [1.82, 2.24) is 14.8 Å². The molecule has 0 aliphatic rings. The molecule has 0 bridgehead atoms. The summed E-state index contributed by atoms with van der Waals surface area (Å²) in [5.41, 5.74) is 2.04. The average molecular weight is 263 g/mol. The summed E-state index contributed by atoms with van der Waals surface area (Å²) in [6.07, 6.45) is 1.73. The van der Waals surface area contributed by atoms with Crippen LogP contribution in [0.15, 0.2) is 24.4 Å². The predicted molar refractivity (Wildman–Crippen MR) is 74.0 cm³/mol. The highest BCUT2D eigenvalue weighted by Crippen LogP contribution is 2.22. The SMILES string of the molecule is COc1ccc(-n2[nH]c(C(C)(C)C)cc2=S)cn1. The van der Waals surface area contributed by atoms with Crippen molar-refractivity contribution in [3.05, 3.63) is 34.7 Å². The van der Waals surface area contributed by atoms with Crippen molar-refractivity contribution < 1.29 is 4.74 Å². The summed E-state index contributed by atoms with van der Waals surface area (Å²) in [5.74, 6) is 0.591. The van der Waals surface area contributed by atoms with Crippen molar-refractivity contribution in [3.63, 3.8) is 0 Å². The van der Waals surface area contributed by atoms with Crippen molar-refractivity contribution in [2.24, 2.45) is 0 Å². The van der Waals surface area contributed by atoms with Crippen LogP contribution in [0, 0.1) is 4.64 Å². The lowest BCUT2D eigenvalue weighted by Crippen LogP contribution is -2.12. The monoisotopic (exact) mass is 263 g/mol. The lowest BCUT2D eigenvalue weighted by atomic mass is 9.93. The molecule has 0 aromatic carbocycles. The Balaban J connectivity index is 2.44. The number of aromatic nitrogens is 3. The molecule has 0 fully saturated rings. The average Bonchev–Trinajstić information content (AvgIpc) is 2.71.